The second-order valence-corrected chi connectivity index (χ2v) is 6.15. The Morgan fingerprint density at radius 2 is 1.62 bits per heavy atom. The van der Waals surface area contributed by atoms with E-state index in [4.69, 9.17) is 0 Å². The lowest BCUT2D eigenvalue weighted by Crippen LogP contribution is -2.20. The van der Waals surface area contributed by atoms with Gasteiger partial charge in [0, 0.05) is 22.1 Å². The summed E-state index contributed by atoms with van der Waals surface area (Å²) in [6.07, 6.45) is 1.56. The van der Waals surface area contributed by atoms with Crippen LogP contribution in [0.25, 0.3) is 0 Å². The van der Waals surface area contributed by atoms with Crippen LogP contribution in [0.2, 0.25) is 0 Å². The van der Waals surface area contributed by atoms with Crippen LogP contribution in [-0.4, -0.2) is 18.0 Å². The number of hydrogen-bond acceptors (Lipinski definition) is 3. The minimum Gasteiger partial charge on any atom is -0.326 e. The summed E-state index contributed by atoms with van der Waals surface area (Å²) in [6, 6.07) is 13.1. The van der Waals surface area contributed by atoms with Crippen molar-refractivity contribution in [3.05, 3.63) is 63.5 Å². The van der Waals surface area contributed by atoms with Gasteiger partial charge in [0.1, 0.15) is 5.82 Å². The molecule has 5 nitrogen and oxygen atoms in total. The van der Waals surface area contributed by atoms with E-state index >= 15 is 0 Å². The molecule has 0 atom stereocenters. The summed E-state index contributed by atoms with van der Waals surface area (Å²) < 4.78 is 13.9. The third-order valence-corrected chi connectivity index (χ3v) is 3.70. The molecule has 2 amide bonds. The number of anilines is 1. The Labute approximate surface area is 152 Å². The molecule has 2 aromatic carbocycles. The van der Waals surface area contributed by atoms with Crippen molar-refractivity contribution in [1.29, 1.82) is 0 Å². The molecule has 0 spiro atoms. The number of nitrogens with one attached hydrogen (secondary N) is 2. The molecule has 0 bridgehead atoms. The van der Waals surface area contributed by atoms with Crippen LogP contribution >= 0.6 is 22.6 Å². The molecule has 7 heteroatoms. The van der Waals surface area contributed by atoms with Crippen molar-refractivity contribution < 1.29 is 14.0 Å². The van der Waals surface area contributed by atoms with Crippen molar-refractivity contribution in [3.8, 4) is 0 Å². The van der Waals surface area contributed by atoms with Gasteiger partial charge in [-0.3, -0.25) is 9.59 Å². The number of carbonyl (C=O) groups is 2. The first-order valence-electron chi connectivity index (χ1n) is 7.16. The third kappa shape index (κ3) is 6.45. The van der Waals surface area contributed by atoms with Crippen LogP contribution < -0.4 is 10.7 Å². The fourth-order valence-corrected chi connectivity index (χ4v) is 2.13. The van der Waals surface area contributed by atoms with Gasteiger partial charge in [0.05, 0.1) is 6.21 Å². The summed E-state index contributed by atoms with van der Waals surface area (Å²) in [7, 11) is 0. The first-order valence-corrected chi connectivity index (χ1v) is 8.24. The molecule has 2 rings (SSSR count). The van der Waals surface area contributed by atoms with Gasteiger partial charge in [-0.25, -0.2) is 9.82 Å². The van der Waals surface area contributed by atoms with Gasteiger partial charge in [0.2, 0.25) is 11.8 Å². The predicted octanol–water partition coefficient (Wildman–Crippen LogP) is 3.30. The number of amides is 2. The summed E-state index contributed by atoms with van der Waals surface area (Å²) >= 11 is 2.20. The number of benzene rings is 2. The third-order valence-electron chi connectivity index (χ3n) is 2.98. The Morgan fingerprint density at radius 1 is 1.00 bits per heavy atom. The summed E-state index contributed by atoms with van der Waals surface area (Å²) in [5.41, 5.74) is 3.72. The molecule has 0 aliphatic heterocycles. The second kappa shape index (κ2) is 9.11. The fourth-order valence-electron chi connectivity index (χ4n) is 1.77. The first-order chi connectivity index (χ1) is 11.5. The number of hydrazone groups is 1. The van der Waals surface area contributed by atoms with Crippen molar-refractivity contribution in [1.82, 2.24) is 5.43 Å². The SMILES string of the molecule is O=C(CCC(=O)Nc1ccc(F)cc1)N/N=C/c1ccc(I)cc1. The molecule has 24 heavy (non-hydrogen) atoms. The van der Waals surface area contributed by atoms with Crippen LogP contribution in [0.4, 0.5) is 10.1 Å². The first kappa shape index (κ1) is 18.1. The molecule has 0 saturated carbocycles. The molecule has 0 aromatic heterocycles. The highest BCUT2D eigenvalue weighted by Gasteiger charge is 2.06. The highest BCUT2D eigenvalue weighted by atomic mass is 127. The summed E-state index contributed by atoms with van der Waals surface area (Å²) in [5, 5.41) is 6.43. The molecule has 2 aromatic rings. The van der Waals surface area contributed by atoms with E-state index < -0.39 is 0 Å². The Morgan fingerprint density at radius 3 is 2.29 bits per heavy atom. The molecule has 0 unspecified atom stereocenters. The smallest absolute Gasteiger partial charge is 0.240 e. The molecule has 0 heterocycles. The zero-order valence-corrected chi connectivity index (χ0v) is 14.8. The molecule has 0 saturated heterocycles. The minimum absolute atomic E-state index is 0.0110. The van der Waals surface area contributed by atoms with E-state index in [1.54, 1.807) is 0 Å². The normalized spacial score (nSPS) is 10.6. The van der Waals surface area contributed by atoms with E-state index in [-0.39, 0.29) is 30.5 Å². The molecule has 0 aliphatic rings. The Bertz CT molecular complexity index is 731. The summed E-state index contributed by atoms with van der Waals surface area (Å²) in [6.45, 7) is 0. The lowest BCUT2D eigenvalue weighted by Gasteiger charge is -2.04. The molecule has 0 aliphatic carbocycles. The quantitative estimate of drug-likeness (QED) is 0.412. The van der Waals surface area contributed by atoms with Crippen LogP contribution in [0.3, 0.4) is 0 Å². The lowest BCUT2D eigenvalue weighted by molar-refractivity contribution is -0.124. The maximum absolute atomic E-state index is 12.8. The molecule has 124 valence electrons. The van der Waals surface area contributed by atoms with Gasteiger partial charge in [-0.2, -0.15) is 5.10 Å². The Balaban J connectivity index is 1.71. The van der Waals surface area contributed by atoms with E-state index in [0.717, 1.165) is 9.13 Å². The number of rotatable bonds is 6. The molecular formula is C17H15FIN3O2. The van der Waals surface area contributed by atoms with E-state index in [1.807, 2.05) is 24.3 Å². The van der Waals surface area contributed by atoms with Crippen LogP contribution in [0.5, 0.6) is 0 Å². The van der Waals surface area contributed by atoms with Crippen molar-refractivity contribution >= 4 is 46.3 Å². The highest BCUT2D eigenvalue weighted by molar-refractivity contribution is 14.1. The zero-order chi connectivity index (χ0) is 17.4. The van der Waals surface area contributed by atoms with E-state index in [9.17, 15) is 14.0 Å². The van der Waals surface area contributed by atoms with Crippen LogP contribution in [-0.2, 0) is 9.59 Å². The summed E-state index contributed by atoms with van der Waals surface area (Å²) in [5.74, 6) is -1.05. The second-order valence-electron chi connectivity index (χ2n) is 4.90. The highest BCUT2D eigenvalue weighted by Crippen LogP contribution is 2.09. The lowest BCUT2D eigenvalue weighted by atomic mass is 10.2. The van der Waals surface area contributed by atoms with E-state index in [1.165, 1.54) is 30.5 Å². The van der Waals surface area contributed by atoms with Gasteiger partial charge < -0.3 is 5.32 Å². The van der Waals surface area contributed by atoms with E-state index in [0.29, 0.717) is 5.69 Å². The Kier molecular flexibility index (Phi) is 6.86. The van der Waals surface area contributed by atoms with E-state index in [2.05, 4.69) is 38.4 Å². The maximum atomic E-state index is 12.8. The van der Waals surface area contributed by atoms with Crippen molar-refractivity contribution in [2.24, 2.45) is 5.10 Å². The van der Waals surface area contributed by atoms with Crippen molar-refractivity contribution in [2.75, 3.05) is 5.32 Å². The number of carbonyl (C=O) groups excluding carboxylic acids is 2. The molecule has 2 N–H and O–H groups in total. The largest absolute Gasteiger partial charge is 0.326 e. The summed E-state index contributed by atoms with van der Waals surface area (Å²) in [4.78, 5) is 23.3. The topological polar surface area (TPSA) is 70.6 Å². The van der Waals surface area contributed by atoms with Crippen molar-refractivity contribution in [3.63, 3.8) is 0 Å². The number of hydrogen-bond donors (Lipinski definition) is 2. The van der Waals surface area contributed by atoms with Gasteiger partial charge in [0.25, 0.3) is 0 Å². The maximum Gasteiger partial charge on any atom is 0.240 e. The number of halogens is 2. The monoisotopic (exact) mass is 439 g/mol. The molecular weight excluding hydrogens is 424 g/mol. The van der Waals surface area contributed by atoms with Crippen LogP contribution in [0, 0.1) is 9.39 Å². The average Bonchev–Trinajstić information content (AvgIpc) is 2.57. The minimum atomic E-state index is -0.377. The molecule has 0 fully saturated rings. The Hall–Kier alpha value is -2.29. The van der Waals surface area contributed by atoms with Crippen LogP contribution in [0.1, 0.15) is 18.4 Å². The van der Waals surface area contributed by atoms with Gasteiger partial charge >= 0.3 is 0 Å². The molecule has 0 radical (unpaired) electrons. The van der Waals surface area contributed by atoms with Crippen LogP contribution in [0.15, 0.2) is 53.6 Å². The average molecular weight is 439 g/mol. The fraction of sp³-hybridized carbons (Fsp3) is 0.118. The predicted molar refractivity (Wildman–Crippen MR) is 99.2 cm³/mol. The van der Waals surface area contributed by atoms with Crippen molar-refractivity contribution in [2.45, 2.75) is 12.8 Å². The van der Waals surface area contributed by atoms with Gasteiger partial charge in [-0.1, -0.05) is 12.1 Å². The van der Waals surface area contributed by atoms with Gasteiger partial charge in [0.15, 0.2) is 0 Å². The van der Waals surface area contributed by atoms with Gasteiger partial charge in [-0.15, -0.1) is 0 Å². The number of nitrogens with zero attached hydrogens (tertiary/aromatic N) is 1. The van der Waals surface area contributed by atoms with Gasteiger partial charge in [-0.05, 0) is 64.6 Å². The zero-order valence-electron chi connectivity index (χ0n) is 12.6. The standard InChI is InChI=1S/C17H15FIN3O2/c18-13-3-7-15(8-4-13)21-16(23)9-10-17(24)22-20-11-12-1-5-14(19)6-2-12/h1-8,11H,9-10H2,(H,21,23)(H,22,24)/b20-11+.